The number of aryl methyl sites for hydroxylation is 1. The number of amides is 1. The molecule has 1 heterocycles. The van der Waals surface area contributed by atoms with Gasteiger partial charge in [-0.3, -0.25) is 9.59 Å². The number of methoxy groups -OCH3 is 1. The van der Waals surface area contributed by atoms with Crippen molar-refractivity contribution in [2.45, 2.75) is 108 Å². The zero-order valence-corrected chi connectivity index (χ0v) is 27.6. The van der Waals surface area contributed by atoms with E-state index >= 15 is 0 Å². The van der Waals surface area contributed by atoms with Crippen LogP contribution in [0.3, 0.4) is 0 Å². The van der Waals surface area contributed by atoms with E-state index in [4.69, 9.17) is 9.47 Å². The first kappa shape index (κ1) is 32.7. The molecule has 0 bridgehead atoms. The minimum atomic E-state index is -0.352. The van der Waals surface area contributed by atoms with Gasteiger partial charge in [0.15, 0.2) is 0 Å². The Hall–Kier alpha value is -2.70. The number of hydrogen-bond donors (Lipinski definition) is 0. The number of benzene rings is 2. The van der Waals surface area contributed by atoms with Crippen LogP contribution in [0.25, 0.3) is 0 Å². The fraction of sp³-hybridized carbons (Fsp3) is 0.632. The monoisotopic (exact) mass is 602 g/mol. The minimum Gasteiger partial charge on any atom is -0.427 e. The van der Waals surface area contributed by atoms with E-state index in [1.807, 2.05) is 19.2 Å². The van der Waals surface area contributed by atoms with Crippen LogP contribution in [0.2, 0.25) is 0 Å². The van der Waals surface area contributed by atoms with Crippen molar-refractivity contribution in [2.75, 3.05) is 33.3 Å². The van der Waals surface area contributed by atoms with Gasteiger partial charge in [0.1, 0.15) is 5.75 Å². The summed E-state index contributed by atoms with van der Waals surface area (Å²) >= 11 is 0. The first-order valence-corrected chi connectivity index (χ1v) is 17.1. The molecule has 2 aromatic rings. The van der Waals surface area contributed by atoms with Crippen LogP contribution in [0.4, 0.5) is 0 Å². The Kier molecular flexibility index (Phi) is 10.8. The first-order chi connectivity index (χ1) is 21.2. The van der Waals surface area contributed by atoms with Gasteiger partial charge in [0.25, 0.3) is 0 Å². The molecule has 3 atom stereocenters. The second-order valence-corrected chi connectivity index (χ2v) is 14.2. The second kappa shape index (κ2) is 14.6. The molecule has 3 aliphatic rings. The standard InChI is InChI=1S/C38H54N2O4/c1-29(2)26-40(36(42)17-10-6-9-14-31-12-7-5-8-13-31)34-20-21-38(43-4)28-39(27-32-18-19-32)23-22-37(38,25-34)33-15-11-16-35(24-33)44-30(3)41/h5,7-8,11-13,15-16,24,29,32,34H,6,9-10,14,17-23,25-28H2,1-4H3. The average Bonchev–Trinajstić information content (AvgIpc) is 3.83. The van der Waals surface area contributed by atoms with Crippen molar-refractivity contribution in [2.24, 2.45) is 11.8 Å². The fourth-order valence-corrected chi connectivity index (χ4v) is 8.10. The minimum absolute atomic E-state index is 0.157. The maximum absolute atomic E-state index is 13.9. The summed E-state index contributed by atoms with van der Waals surface area (Å²) in [5, 5.41) is 0. The van der Waals surface area contributed by atoms with Crippen molar-refractivity contribution in [1.29, 1.82) is 0 Å². The van der Waals surface area contributed by atoms with Crippen LogP contribution < -0.4 is 4.74 Å². The number of esters is 1. The maximum atomic E-state index is 13.9. The first-order valence-electron chi connectivity index (χ1n) is 17.1. The SMILES string of the molecule is COC12CCC(N(CC(C)C)C(=O)CCCCCc3ccccc3)CC1(c1cccc(OC(C)=O)c1)CCN(CC1CC1)C2. The lowest BCUT2D eigenvalue weighted by atomic mass is 9.55. The molecule has 1 amide bonds. The summed E-state index contributed by atoms with van der Waals surface area (Å²) in [5.41, 5.74) is 1.92. The summed E-state index contributed by atoms with van der Waals surface area (Å²) in [4.78, 5) is 30.7. The number of carbonyl (C=O) groups excluding carboxylic acids is 2. The molecule has 5 rings (SSSR count). The second-order valence-electron chi connectivity index (χ2n) is 14.2. The van der Waals surface area contributed by atoms with Gasteiger partial charge in [-0.15, -0.1) is 0 Å². The van der Waals surface area contributed by atoms with E-state index < -0.39 is 0 Å². The highest BCUT2D eigenvalue weighted by molar-refractivity contribution is 5.76. The Morgan fingerprint density at radius 3 is 2.50 bits per heavy atom. The Morgan fingerprint density at radius 1 is 1.00 bits per heavy atom. The fourth-order valence-electron chi connectivity index (χ4n) is 8.10. The van der Waals surface area contributed by atoms with Crippen LogP contribution in [-0.4, -0.2) is 66.6 Å². The molecule has 2 saturated carbocycles. The van der Waals surface area contributed by atoms with E-state index in [2.05, 4.69) is 66.1 Å². The van der Waals surface area contributed by atoms with Gasteiger partial charge in [-0.2, -0.15) is 0 Å². The van der Waals surface area contributed by atoms with E-state index in [1.165, 1.54) is 30.9 Å². The number of hydrogen-bond acceptors (Lipinski definition) is 5. The van der Waals surface area contributed by atoms with Crippen molar-refractivity contribution in [1.82, 2.24) is 9.80 Å². The Labute approximate surface area is 265 Å². The molecule has 0 radical (unpaired) electrons. The third kappa shape index (κ3) is 7.74. The van der Waals surface area contributed by atoms with Crippen molar-refractivity contribution < 1.29 is 19.1 Å². The van der Waals surface area contributed by atoms with Crippen LogP contribution in [-0.2, 0) is 26.2 Å². The molecule has 2 aromatic carbocycles. The summed E-state index contributed by atoms with van der Waals surface area (Å²) in [6.07, 6.45) is 11.2. The van der Waals surface area contributed by atoms with Crippen LogP contribution in [0.15, 0.2) is 54.6 Å². The van der Waals surface area contributed by atoms with E-state index in [9.17, 15) is 9.59 Å². The molecule has 240 valence electrons. The van der Waals surface area contributed by atoms with Gasteiger partial charge in [-0.05, 0) is 99.4 Å². The Balaban J connectivity index is 1.35. The molecule has 0 N–H and O–H groups in total. The lowest BCUT2D eigenvalue weighted by molar-refractivity contribution is -0.163. The van der Waals surface area contributed by atoms with Crippen LogP contribution >= 0.6 is 0 Å². The topological polar surface area (TPSA) is 59.1 Å². The normalized spacial score (nSPS) is 25.4. The number of nitrogens with zero attached hydrogens (tertiary/aromatic N) is 2. The van der Waals surface area contributed by atoms with E-state index in [1.54, 1.807) is 0 Å². The number of ether oxygens (including phenoxy) is 2. The number of fused-ring (bicyclic) bond motifs is 1. The molecule has 1 aliphatic heterocycles. The highest BCUT2D eigenvalue weighted by Gasteiger charge is 2.60. The van der Waals surface area contributed by atoms with Crippen LogP contribution in [0, 0.1) is 11.8 Å². The van der Waals surface area contributed by atoms with Gasteiger partial charge in [-0.25, -0.2) is 0 Å². The number of unbranched alkanes of at least 4 members (excludes halogenated alkanes) is 2. The molecule has 6 heteroatoms. The number of carbonyl (C=O) groups is 2. The van der Waals surface area contributed by atoms with E-state index in [0.717, 1.165) is 83.5 Å². The highest BCUT2D eigenvalue weighted by atomic mass is 16.5. The molecule has 3 fully saturated rings. The predicted molar refractivity (Wildman–Crippen MR) is 176 cm³/mol. The summed E-state index contributed by atoms with van der Waals surface area (Å²) in [5.74, 6) is 1.79. The van der Waals surface area contributed by atoms with Gasteiger partial charge >= 0.3 is 5.97 Å². The maximum Gasteiger partial charge on any atom is 0.308 e. The zero-order chi connectivity index (χ0) is 31.2. The summed E-state index contributed by atoms with van der Waals surface area (Å²) in [7, 11) is 1.89. The largest absolute Gasteiger partial charge is 0.427 e. The van der Waals surface area contributed by atoms with Gasteiger partial charge in [0.05, 0.1) is 5.60 Å². The van der Waals surface area contributed by atoms with Gasteiger partial charge in [0.2, 0.25) is 5.91 Å². The van der Waals surface area contributed by atoms with Gasteiger partial charge < -0.3 is 19.3 Å². The molecule has 0 spiro atoms. The Bertz CT molecular complexity index is 1240. The van der Waals surface area contributed by atoms with Crippen molar-refractivity contribution in [3.63, 3.8) is 0 Å². The van der Waals surface area contributed by atoms with Crippen molar-refractivity contribution >= 4 is 11.9 Å². The zero-order valence-electron chi connectivity index (χ0n) is 27.6. The summed E-state index contributed by atoms with van der Waals surface area (Å²) in [6.45, 7) is 9.75. The highest BCUT2D eigenvalue weighted by Crippen LogP contribution is 2.55. The van der Waals surface area contributed by atoms with Gasteiger partial charge in [-0.1, -0.05) is 62.7 Å². The van der Waals surface area contributed by atoms with Crippen LogP contribution in [0.5, 0.6) is 5.75 Å². The molecular weight excluding hydrogens is 548 g/mol. The lowest BCUT2D eigenvalue weighted by Gasteiger charge is -2.61. The molecule has 3 unspecified atom stereocenters. The Morgan fingerprint density at radius 2 is 1.80 bits per heavy atom. The quantitative estimate of drug-likeness (QED) is 0.130. The molecular formula is C38H54N2O4. The summed E-state index contributed by atoms with van der Waals surface area (Å²) in [6, 6.07) is 18.9. The third-order valence-corrected chi connectivity index (χ3v) is 10.4. The number of rotatable bonds is 14. The average molecular weight is 603 g/mol. The third-order valence-electron chi connectivity index (χ3n) is 10.4. The molecule has 0 aromatic heterocycles. The lowest BCUT2D eigenvalue weighted by Crippen LogP contribution is -2.68. The number of piperidine rings is 1. The van der Waals surface area contributed by atoms with E-state index in [0.29, 0.717) is 24.0 Å². The van der Waals surface area contributed by atoms with Crippen LogP contribution in [0.1, 0.15) is 96.1 Å². The predicted octanol–water partition coefficient (Wildman–Crippen LogP) is 7.19. The molecule has 44 heavy (non-hydrogen) atoms. The van der Waals surface area contributed by atoms with Gasteiger partial charge in [0, 0.05) is 51.5 Å². The van der Waals surface area contributed by atoms with Crippen molar-refractivity contribution in [3.8, 4) is 5.75 Å². The summed E-state index contributed by atoms with van der Waals surface area (Å²) < 4.78 is 12.2. The smallest absolute Gasteiger partial charge is 0.308 e. The molecule has 2 aliphatic carbocycles. The van der Waals surface area contributed by atoms with E-state index in [-0.39, 0.29) is 23.0 Å². The number of likely N-dealkylation sites (tertiary alicyclic amines) is 1. The molecule has 6 nitrogen and oxygen atoms in total. The van der Waals surface area contributed by atoms with Crippen molar-refractivity contribution in [3.05, 3.63) is 65.7 Å². The molecule has 1 saturated heterocycles.